The lowest BCUT2D eigenvalue weighted by Gasteiger charge is -2.14. The Hall–Kier alpha value is -3.09. The standard InChI is InChI=1S/C24H25FN2O3/c1-16-12-17(25)6-9-24(16)29-11-10-26-14-18(28)15-30-19-7-8-21-20-4-2-3-5-22(20)27-23(21)13-19/h2-9,12-13,18,26-28H,10-11,14-15H2,1H3. The molecule has 156 valence electrons. The molecule has 30 heavy (non-hydrogen) atoms. The molecule has 0 spiro atoms. The van der Waals surface area contributed by atoms with Gasteiger partial charge in [-0.3, -0.25) is 0 Å². The Labute approximate surface area is 174 Å². The van der Waals surface area contributed by atoms with Crippen LogP contribution in [0.15, 0.2) is 60.7 Å². The number of aryl methyl sites for hydroxylation is 1. The summed E-state index contributed by atoms with van der Waals surface area (Å²) >= 11 is 0. The molecule has 0 aliphatic carbocycles. The van der Waals surface area contributed by atoms with Crippen LogP contribution in [-0.4, -0.2) is 42.5 Å². The number of aromatic amines is 1. The minimum absolute atomic E-state index is 0.191. The van der Waals surface area contributed by atoms with Crippen molar-refractivity contribution >= 4 is 21.8 Å². The molecule has 5 nitrogen and oxygen atoms in total. The van der Waals surface area contributed by atoms with Gasteiger partial charge >= 0.3 is 0 Å². The molecule has 3 N–H and O–H groups in total. The summed E-state index contributed by atoms with van der Waals surface area (Å²) in [4.78, 5) is 3.39. The zero-order chi connectivity index (χ0) is 20.9. The number of H-pyrrole nitrogens is 1. The lowest BCUT2D eigenvalue weighted by atomic mass is 10.1. The number of benzene rings is 3. The SMILES string of the molecule is Cc1cc(F)ccc1OCCNCC(O)COc1ccc2c(c1)[nH]c1ccccc12. The van der Waals surface area contributed by atoms with Crippen LogP contribution in [0.25, 0.3) is 21.8 Å². The van der Waals surface area contributed by atoms with Gasteiger partial charge < -0.3 is 24.9 Å². The van der Waals surface area contributed by atoms with Crippen LogP contribution in [0.1, 0.15) is 5.56 Å². The second-order valence-corrected chi connectivity index (χ2v) is 7.31. The van der Waals surface area contributed by atoms with Gasteiger partial charge in [0.2, 0.25) is 0 Å². The van der Waals surface area contributed by atoms with Crippen molar-refractivity contribution in [2.45, 2.75) is 13.0 Å². The van der Waals surface area contributed by atoms with E-state index in [9.17, 15) is 9.50 Å². The number of hydrogen-bond acceptors (Lipinski definition) is 4. The van der Waals surface area contributed by atoms with E-state index in [-0.39, 0.29) is 12.4 Å². The average molecular weight is 408 g/mol. The van der Waals surface area contributed by atoms with Gasteiger partial charge in [-0.1, -0.05) is 18.2 Å². The Morgan fingerprint density at radius 3 is 2.70 bits per heavy atom. The number of fused-ring (bicyclic) bond motifs is 3. The van der Waals surface area contributed by atoms with E-state index in [0.29, 0.717) is 31.2 Å². The normalized spacial score (nSPS) is 12.4. The topological polar surface area (TPSA) is 66.5 Å². The highest BCUT2D eigenvalue weighted by atomic mass is 19.1. The number of aliphatic hydroxyl groups is 1. The first-order valence-corrected chi connectivity index (χ1v) is 10.0. The number of nitrogens with one attached hydrogen (secondary N) is 2. The molecule has 4 aromatic rings. The van der Waals surface area contributed by atoms with Crippen LogP contribution in [0.3, 0.4) is 0 Å². The fourth-order valence-corrected chi connectivity index (χ4v) is 3.45. The Morgan fingerprint density at radius 2 is 1.83 bits per heavy atom. The van der Waals surface area contributed by atoms with Crippen molar-refractivity contribution in [3.05, 3.63) is 72.0 Å². The molecule has 0 saturated carbocycles. The molecule has 0 fully saturated rings. The number of para-hydroxylation sites is 1. The summed E-state index contributed by atoms with van der Waals surface area (Å²) < 4.78 is 24.5. The first-order valence-electron chi connectivity index (χ1n) is 10.0. The number of hydrogen-bond donors (Lipinski definition) is 3. The molecule has 0 bridgehead atoms. The third-order valence-corrected chi connectivity index (χ3v) is 4.97. The van der Waals surface area contributed by atoms with Gasteiger partial charge in [-0.05, 0) is 48.9 Å². The van der Waals surface area contributed by atoms with Gasteiger partial charge in [0, 0.05) is 35.4 Å². The molecule has 0 amide bonds. The number of rotatable bonds is 9. The number of aromatic nitrogens is 1. The fourth-order valence-electron chi connectivity index (χ4n) is 3.45. The van der Waals surface area contributed by atoms with E-state index in [0.717, 1.165) is 22.0 Å². The van der Waals surface area contributed by atoms with E-state index >= 15 is 0 Å². The quantitative estimate of drug-likeness (QED) is 0.364. The van der Waals surface area contributed by atoms with Crippen molar-refractivity contribution < 1.29 is 19.0 Å². The van der Waals surface area contributed by atoms with Crippen LogP contribution in [0.2, 0.25) is 0 Å². The maximum atomic E-state index is 13.1. The third-order valence-electron chi connectivity index (χ3n) is 4.97. The predicted octanol–water partition coefficient (Wildman–Crippen LogP) is 4.18. The summed E-state index contributed by atoms with van der Waals surface area (Å²) in [6, 6.07) is 18.5. The molecule has 0 aliphatic rings. The second-order valence-electron chi connectivity index (χ2n) is 7.31. The van der Waals surface area contributed by atoms with E-state index in [1.54, 1.807) is 13.0 Å². The highest BCUT2D eigenvalue weighted by molar-refractivity contribution is 6.07. The van der Waals surface area contributed by atoms with Crippen molar-refractivity contribution in [2.75, 3.05) is 26.3 Å². The van der Waals surface area contributed by atoms with Crippen molar-refractivity contribution in [1.82, 2.24) is 10.3 Å². The minimum Gasteiger partial charge on any atom is -0.492 e. The molecule has 1 aromatic heterocycles. The van der Waals surface area contributed by atoms with Crippen molar-refractivity contribution in [2.24, 2.45) is 0 Å². The molecule has 0 aliphatic heterocycles. The van der Waals surface area contributed by atoms with Crippen LogP contribution >= 0.6 is 0 Å². The van der Waals surface area contributed by atoms with E-state index in [1.165, 1.54) is 17.5 Å². The van der Waals surface area contributed by atoms with E-state index in [4.69, 9.17) is 9.47 Å². The highest BCUT2D eigenvalue weighted by Gasteiger charge is 2.08. The van der Waals surface area contributed by atoms with Gasteiger partial charge in [0.05, 0.1) is 5.52 Å². The van der Waals surface area contributed by atoms with Crippen molar-refractivity contribution in [3.63, 3.8) is 0 Å². The van der Waals surface area contributed by atoms with Gasteiger partial charge in [-0.2, -0.15) is 0 Å². The van der Waals surface area contributed by atoms with Crippen LogP contribution in [0.4, 0.5) is 4.39 Å². The largest absolute Gasteiger partial charge is 0.492 e. The molecule has 3 aromatic carbocycles. The average Bonchev–Trinajstić information content (AvgIpc) is 3.11. The van der Waals surface area contributed by atoms with Crippen LogP contribution < -0.4 is 14.8 Å². The zero-order valence-corrected chi connectivity index (χ0v) is 16.8. The molecule has 0 radical (unpaired) electrons. The Morgan fingerprint density at radius 1 is 1.00 bits per heavy atom. The number of halogens is 1. The van der Waals surface area contributed by atoms with E-state index < -0.39 is 6.10 Å². The van der Waals surface area contributed by atoms with Gasteiger partial charge in [0.25, 0.3) is 0 Å². The summed E-state index contributed by atoms with van der Waals surface area (Å²) in [6.45, 7) is 3.38. The summed E-state index contributed by atoms with van der Waals surface area (Å²) in [6.07, 6.45) is -0.643. The summed E-state index contributed by atoms with van der Waals surface area (Å²) in [5.41, 5.74) is 2.86. The molecule has 4 rings (SSSR count). The zero-order valence-electron chi connectivity index (χ0n) is 16.8. The molecule has 1 atom stereocenters. The monoisotopic (exact) mass is 408 g/mol. The van der Waals surface area contributed by atoms with Gasteiger partial charge in [-0.25, -0.2) is 4.39 Å². The summed E-state index contributed by atoms with van der Waals surface area (Å²) in [5, 5.41) is 15.6. The molecular formula is C24H25FN2O3. The van der Waals surface area contributed by atoms with Crippen LogP contribution in [0.5, 0.6) is 11.5 Å². The van der Waals surface area contributed by atoms with Crippen LogP contribution in [0, 0.1) is 12.7 Å². The Bertz CT molecular complexity index is 1140. The maximum absolute atomic E-state index is 13.1. The Kier molecular flexibility index (Phi) is 6.16. The molecule has 6 heteroatoms. The van der Waals surface area contributed by atoms with Gasteiger partial charge in [0.15, 0.2) is 0 Å². The lowest BCUT2D eigenvalue weighted by molar-refractivity contribution is 0.105. The molecule has 1 heterocycles. The maximum Gasteiger partial charge on any atom is 0.123 e. The number of aliphatic hydroxyl groups excluding tert-OH is 1. The van der Waals surface area contributed by atoms with E-state index in [1.807, 2.05) is 36.4 Å². The summed E-state index contributed by atoms with van der Waals surface area (Å²) in [5.74, 6) is 1.10. The third kappa shape index (κ3) is 4.72. The van der Waals surface area contributed by atoms with Crippen molar-refractivity contribution in [1.29, 1.82) is 0 Å². The highest BCUT2D eigenvalue weighted by Crippen LogP contribution is 2.28. The minimum atomic E-state index is -0.643. The second kappa shape index (κ2) is 9.15. The van der Waals surface area contributed by atoms with Crippen LogP contribution in [-0.2, 0) is 0 Å². The molecule has 0 saturated heterocycles. The van der Waals surface area contributed by atoms with E-state index in [2.05, 4.69) is 16.4 Å². The first-order chi connectivity index (χ1) is 14.6. The summed E-state index contributed by atoms with van der Waals surface area (Å²) in [7, 11) is 0. The molecule has 1 unspecified atom stereocenters. The van der Waals surface area contributed by atoms with Crippen molar-refractivity contribution in [3.8, 4) is 11.5 Å². The lowest BCUT2D eigenvalue weighted by Crippen LogP contribution is -2.33. The molecular weight excluding hydrogens is 383 g/mol. The predicted molar refractivity (Wildman–Crippen MR) is 117 cm³/mol. The van der Waals surface area contributed by atoms with Gasteiger partial charge in [0.1, 0.15) is 36.6 Å². The Balaban J connectivity index is 1.21. The smallest absolute Gasteiger partial charge is 0.123 e. The fraction of sp³-hybridized carbons (Fsp3) is 0.250. The number of ether oxygens (including phenoxy) is 2. The first kappa shape index (κ1) is 20.2. The van der Waals surface area contributed by atoms with Gasteiger partial charge in [-0.15, -0.1) is 0 Å².